The van der Waals surface area contributed by atoms with E-state index in [0.717, 1.165) is 33.8 Å². The van der Waals surface area contributed by atoms with Crippen molar-refractivity contribution in [3.63, 3.8) is 0 Å². The Hall–Kier alpha value is -5.24. The highest BCUT2D eigenvalue weighted by Crippen LogP contribution is 2.14. The molecule has 2 N–H and O–H groups in total. The van der Waals surface area contributed by atoms with Gasteiger partial charge in [0.05, 0.1) is 12.4 Å². The lowest BCUT2D eigenvalue weighted by atomic mass is 10.2. The Bertz CT molecular complexity index is 1310. The average molecular weight is 549 g/mol. The van der Waals surface area contributed by atoms with Crippen molar-refractivity contribution in [2.45, 2.75) is 32.5 Å². The highest BCUT2D eigenvalue weighted by molar-refractivity contribution is 5.84. The minimum atomic E-state index is -0.269. The molecular formula is C33H32N4O4. The summed E-state index contributed by atoms with van der Waals surface area (Å²) in [6, 6.07) is 34.7. The first-order valence-corrected chi connectivity index (χ1v) is 13.3. The first kappa shape index (κ1) is 28.8. The Morgan fingerprint density at radius 2 is 0.951 bits per heavy atom. The van der Waals surface area contributed by atoms with Crippen molar-refractivity contribution in [2.75, 3.05) is 0 Å². The summed E-state index contributed by atoms with van der Waals surface area (Å²) in [6.45, 7) is 0.989. The maximum atomic E-state index is 12.0. The van der Waals surface area contributed by atoms with Crippen LogP contribution in [0.3, 0.4) is 0 Å². The summed E-state index contributed by atoms with van der Waals surface area (Å²) < 4.78 is 11.5. The van der Waals surface area contributed by atoms with Crippen molar-refractivity contribution in [2.24, 2.45) is 10.2 Å². The molecule has 0 fully saturated rings. The van der Waals surface area contributed by atoms with Crippen molar-refractivity contribution >= 4 is 24.2 Å². The van der Waals surface area contributed by atoms with E-state index in [-0.39, 0.29) is 24.7 Å². The second-order valence-corrected chi connectivity index (χ2v) is 9.13. The van der Waals surface area contributed by atoms with E-state index < -0.39 is 0 Å². The Morgan fingerprint density at radius 3 is 1.34 bits per heavy atom. The molecule has 0 saturated carbocycles. The van der Waals surface area contributed by atoms with Crippen LogP contribution in [0.25, 0.3) is 0 Å². The second-order valence-electron chi connectivity index (χ2n) is 9.13. The number of carbonyl (C=O) groups excluding carboxylic acids is 2. The summed E-state index contributed by atoms with van der Waals surface area (Å²) in [7, 11) is 0. The van der Waals surface area contributed by atoms with Crippen molar-refractivity contribution in [3.8, 4) is 11.5 Å². The normalized spacial score (nSPS) is 10.9. The third-order valence-electron chi connectivity index (χ3n) is 5.87. The molecule has 4 aromatic carbocycles. The Kier molecular flexibility index (Phi) is 11.2. The molecule has 0 spiro atoms. The predicted octanol–water partition coefficient (Wildman–Crippen LogP) is 5.62. The summed E-state index contributed by atoms with van der Waals surface area (Å²) >= 11 is 0. The van der Waals surface area contributed by atoms with Crippen LogP contribution in [0.2, 0.25) is 0 Å². The minimum absolute atomic E-state index is 0.172. The monoisotopic (exact) mass is 548 g/mol. The fourth-order valence-corrected chi connectivity index (χ4v) is 3.66. The molecular weight excluding hydrogens is 516 g/mol. The highest BCUT2D eigenvalue weighted by Gasteiger charge is 2.04. The summed E-state index contributed by atoms with van der Waals surface area (Å²) in [5, 5.41) is 7.96. The van der Waals surface area contributed by atoms with E-state index in [4.69, 9.17) is 9.47 Å². The SMILES string of the molecule is O=C(CCCC(=O)N/N=C\c1ccc(OCc2ccccc2)cc1)N/N=C\c1ccc(OCc2ccccc2)cc1. The summed E-state index contributed by atoms with van der Waals surface area (Å²) in [4.78, 5) is 24.1. The largest absolute Gasteiger partial charge is 0.489 e. The molecule has 8 nitrogen and oxygen atoms in total. The zero-order valence-electron chi connectivity index (χ0n) is 22.6. The van der Waals surface area contributed by atoms with Crippen LogP contribution in [0.4, 0.5) is 0 Å². The molecule has 0 radical (unpaired) electrons. The van der Waals surface area contributed by atoms with Gasteiger partial charge in [0.15, 0.2) is 0 Å². The van der Waals surface area contributed by atoms with E-state index in [1.165, 1.54) is 0 Å². The van der Waals surface area contributed by atoms with Gasteiger partial charge in [-0.3, -0.25) is 9.59 Å². The zero-order valence-corrected chi connectivity index (χ0v) is 22.6. The smallest absolute Gasteiger partial charge is 0.240 e. The maximum absolute atomic E-state index is 12.0. The van der Waals surface area contributed by atoms with Crippen LogP contribution >= 0.6 is 0 Å². The molecule has 0 aliphatic rings. The quantitative estimate of drug-likeness (QED) is 0.158. The summed E-state index contributed by atoms with van der Waals surface area (Å²) in [5.41, 5.74) is 8.80. The van der Waals surface area contributed by atoms with E-state index in [2.05, 4.69) is 21.1 Å². The molecule has 8 heteroatoms. The molecule has 0 aliphatic heterocycles. The van der Waals surface area contributed by atoms with Gasteiger partial charge >= 0.3 is 0 Å². The van der Waals surface area contributed by atoms with Crippen LogP contribution in [0.15, 0.2) is 119 Å². The molecule has 4 rings (SSSR count). The third-order valence-corrected chi connectivity index (χ3v) is 5.87. The number of hydrazone groups is 2. The number of rotatable bonds is 14. The van der Waals surface area contributed by atoms with E-state index >= 15 is 0 Å². The van der Waals surface area contributed by atoms with Crippen molar-refractivity contribution in [1.82, 2.24) is 10.9 Å². The fourth-order valence-electron chi connectivity index (χ4n) is 3.66. The lowest BCUT2D eigenvalue weighted by molar-refractivity contribution is -0.122. The van der Waals surface area contributed by atoms with Gasteiger partial charge in [-0.2, -0.15) is 10.2 Å². The number of amides is 2. The Balaban J connectivity index is 1.07. The van der Waals surface area contributed by atoms with Crippen LogP contribution in [0, 0.1) is 0 Å². The first-order chi connectivity index (χ1) is 20.1. The van der Waals surface area contributed by atoms with Gasteiger partial charge in [0.25, 0.3) is 0 Å². The maximum Gasteiger partial charge on any atom is 0.240 e. The topological polar surface area (TPSA) is 101 Å². The Labute approximate surface area is 239 Å². The van der Waals surface area contributed by atoms with Gasteiger partial charge in [-0.25, -0.2) is 10.9 Å². The minimum Gasteiger partial charge on any atom is -0.489 e. The van der Waals surface area contributed by atoms with E-state index in [1.54, 1.807) is 12.4 Å². The summed E-state index contributed by atoms with van der Waals surface area (Å²) in [5.74, 6) is 0.962. The molecule has 0 saturated heterocycles. The molecule has 41 heavy (non-hydrogen) atoms. The number of nitrogens with one attached hydrogen (secondary N) is 2. The lowest BCUT2D eigenvalue weighted by Gasteiger charge is -2.06. The Morgan fingerprint density at radius 1 is 0.561 bits per heavy atom. The lowest BCUT2D eigenvalue weighted by Crippen LogP contribution is -2.20. The van der Waals surface area contributed by atoms with Crippen LogP contribution in [-0.2, 0) is 22.8 Å². The molecule has 0 heterocycles. The number of ether oxygens (including phenoxy) is 2. The van der Waals surface area contributed by atoms with E-state index in [1.807, 2.05) is 109 Å². The van der Waals surface area contributed by atoms with Crippen LogP contribution in [0.1, 0.15) is 41.5 Å². The van der Waals surface area contributed by atoms with Gasteiger partial charge in [-0.15, -0.1) is 0 Å². The van der Waals surface area contributed by atoms with Crippen molar-refractivity contribution < 1.29 is 19.1 Å². The molecule has 2 amide bonds. The van der Waals surface area contributed by atoms with Crippen LogP contribution in [0.5, 0.6) is 11.5 Å². The third kappa shape index (κ3) is 10.8. The van der Waals surface area contributed by atoms with Crippen LogP contribution in [-0.4, -0.2) is 24.2 Å². The average Bonchev–Trinajstić information content (AvgIpc) is 3.01. The molecule has 0 unspecified atom stereocenters. The molecule has 0 aromatic heterocycles. The first-order valence-electron chi connectivity index (χ1n) is 13.3. The molecule has 0 bridgehead atoms. The number of carbonyl (C=O) groups is 2. The van der Waals surface area contributed by atoms with Gasteiger partial charge < -0.3 is 9.47 Å². The molecule has 4 aromatic rings. The number of benzene rings is 4. The van der Waals surface area contributed by atoms with Crippen molar-refractivity contribution in [3.05, 3.63) is 131 Å². The number of nitrogens with zero attached hydrogens (tertiary/aromatic N) is 2. The van der Waals surface area contributed by atoms with Gasteiger partial charge in [-0.05, 0) is 77.2 Å². The standard InChI is InChI=1S/C33H32N4O4/c38-32(36-34-22-26-14-18-30(19-15-26)40-24-28-8-3-1-4-9-28)12-7-13-33(39)37-35-23-27-16-20-31(21-17-27)41-25-29-10-5-2-6-11-29/h1-6,8-11,14-23H,7,12-13,24-25H2,(H,36,38)(H,37,39)/b34-22-,35-23-. The van der Waals surface area contributed by atoms with Gasteiger partial charge in [0.2, 0.25) is 11.8 Å². The number of hydrogen-bond donors (Lipinski definition) is 2. The van der Waals surface area contributed by atoms with Crippen LogP contribution < -0.4 is 20.3 Å². The molecule has 208 valence electrons. The second kappa shape index (κ2) is 16.0. The van der Waals surface area contributed by atoms with E-state index in [0.29, 0.717) is 19.6 Å². The molecule has 0 aliphatic carbocycles. The number of hydrogen-bond acceptors (Lipinski definition) is 6. The predicted molar refractivity (Wildman–Crippen MR) is 160 cm³/mol. The fraction of sp³-hybridized carbons (Fsp3) is 0.152. The van der Waals surface area contributed by atoms with Gasteiger partial charge in [0.1, 0.15) is 24.7 Å². The highest BCUT2D eigenvalue weighted by atomic mass is 16.5. The van der Waals surface area contributed by atoms with Gasteiger partial charge in [-0.1, -0.05) is 60.7 Å². The van der Waals surface area contributed by atoms with Crippen molar-refractivity contribution in [1.29, 1.82) is 0 Å². The van der Waals surface area contributed by atoms with Gasteiger partial charge in [0, 0.05) is 12.8 Å². The molecule has 0 atom stereocenters. The zero-order chi connectivity index (χ0) is 28.5. The summed E-state index contributed by atoms with van der Waals surface area (Å²) in [6.07, 6.45) is 3.84. The van der Waals surface area contributed by atoms with E-state index in [9.17, 15) is 9.59 Å².